The van der Waals surface area contributed by atoms with Crippen LogP contribution < -0.4 is 5.32 Å². The smallest absolute Gasteiger partial charge is 0.254 e. The van der Waals surface area contributed by atoms with Gasteiger partial charge in [-0.15, -0.1) is 0 Å². The van der Waals surface area contributed by atoms with Crippen LogP contribution in [0.3, 0.4) is 0 Å². The Hall–Kier alpha value is -1.58. The summed E-state index contributed by atoms with van der Waals surface area (Å²) in [6, 6.07) is 3.83. The molecule has 0 bridgehead atoms. The maximum Gasteiger partial charge on any atom is 0.254 e. The lowest BCUT2D eigenvalue weighted by molar-refractivity contribution is 0.0724. The number of pyridine rings is 1. The van der Waals surface area contributed by atoms with Crippen LogP contribution in [0.25, 0.3) is 0 Å². The molecule has 2 heterocycles. The van der Waals surface area contributed by atoms with Crippen molar-refractivity contribution in [3.8, 4) is 0 Å². The molecule has 20 heavy (non-hydrogen) atoms. The first-order chi connectivity index (χ1) is 9.61. The van der Waals surface area contributed by atoms with E-state index in [0.29, 0.717) is 5.92 Å². The Kier molecular flexibility index (Phi) is 4.99. The second-order valence-corrected chi connectivity index (χ2v) is 5.70. The molecule has 1 aliphatic rings. The molecule has 1 amide bonds. The van der Waals surface area contributed by atoms with E-state index >= 15 is 0 Å². The number of nitrogens with one attached hydrogen (secondary N) is 1. The van der Waals surface area contributed by atoms with E-state index < -0.39 is 0 Å². The van der Waals surface area contributed by atoms with Crippen molar-refractivity contribution in [2.75, 3.05) is 25.0 Å². The number of anilines is 1. The van der Waals surface area contributed by atoms with Crippen LogP contribution in [-0.2, 0) is 0 Å². The number of carbonyl (C=O) groups excluding carboxylic acids is 1. The summed E-state index contributed by atoms with van der Waals surface area (Å²) in [4.78, 5) is 19.1. The van der Waals surface area contributed by atoms with Crippen LogP contribution in [0.2, 0.25) is 0 Å². The Morgan fingerprint density at radius 2 is 2.00 bits per heavy atom. The Morgan fingerprint density at radius 1 is 1.30 bits per heavy atom. The Balaban J connectivity index is 2.26. The summed E-state index contributed by atoms with van der Waals surface area (Å²) in [7, 11) is 0. The summed E-state index contributed by atoms with van der Waals surface area (Å²) >= 11 is 0. The minimum absolute atomic E-state index is 0.146. The van der Waals surface area contributed by atoms with Crippen molar-refractivity contribution in [3.05, 3.63) is 23.4 Å². The van der Waals surface area contributed by atoms with Gasteiger partial charge in [-0.05, 0) is 44.2 Å². The van der Waals surface area contributed by atoms with Crippen LogP contribution >= 0.6 is 0 Å². The molecule has 4 heteroatoms. The topological polar surface area (TPSA) is 45.2 Å². The fourth-order valence-corrected chi connectivity index (χ4v) is 2.52. The fourth-order valence-electron chi connectivity index (χ4n) is 2.52. The summed E-state index contributed by atoms with van der Waals surface area (Å²) < 4.78 is 0. The van der Waals surface area contributed by atoms with Gasteiger partial charge in [-0.1, -0.05) is 13.8 Å². The zero-order valence-electron chi connectivity index (χ0n) is 12.8. The molecule has 1 aliphatic heterocycles. The lowest BCUT2D eigenvalue weighted by Crippen LogP contribution is -2.35. The van der Waals surface area contributed by atoms with E-state index in [0.717, 1.165) is 49.6 Å². The van der Waals surface area contributed by atoms with Crippen LogP contribution in [0.1, 0.15) is 62.0 Å². The summed E-state index contributed by atoms with van der Waals surface area (Å²) in [5, 5.41) is 3.22. The van der Waals surface area contributed by atoms with E-state index in [1.807, 2.05) is 24.0 Å². The zero-order chi connectivity index (χ0) is 14.5. The van der Waals surface area contributed by atoms with E-state index in [9.17, 15) is 4.79 Å². The Labute approximate surface area is 121 Å². The monoisotopic (exact) mass is 275 g/mol. The van der Waals surface area contributed by atoms with Crippen molar-refractivity contribution < 1.29 is 4.79 Å². The number of piperidine rings is 1. The standard InChI is InChI=1S/C16H25N3O/c1-4-17-15-11-13(10-14(18-15)12(2)3)16(20)19-8-6-5-7-9-19/h10-12H,4-9H2,1-3H3,(H,17,18). The van der Waals surface area contributed by atoms with Gasteiger partial charge in [-0.3, -0.25) is 4.79 Å². The summed E-state index contributed by atoms with van der Waals surface area (Å²) in [6.07, 6.45) is 3.47. The quantitative estimate of drug-likeness (QED) is 0.917. The van der Waals surface area contributed by atoms with Gasteiger partial charge in [0.15, 0.2) is 0 Å². The van der Waals surface area contributed by atoms with Crippen LogP contribution in [0, 0.1) is 0 Å². The molecule has 0 saturated carbocycles. The Bertz CT molecular complexity index is 465. The highest BCUT2D eigenvalue weighted by atomic mass is 16.2. The van der Waals surface area contributed by atoms with Gasteiger partial charge >= 0.3 is 0 Å². The van der Waals surface area contributed by atoms with Crippen LogP contribution in [-0.4, -0.2) is 35.4 Å². The SMILES string of the molecule is CCNc1cc(C(=O)N2CCCCC2)cc(C(C)C)n1. The van der Waals surface area contributed by atoms with Gasteiger partial charge in [0.25, 0.3) is 5.91 Å². The van der Waals surface area contributed by atoms with Gasteiger partial charge in [0, 0.05) is 30.9 Å². The Morgan fingerprint density at radius 3 is 2.60 bits per heavy atom. The maximum atomic E-state index is 12.6. The molecular formula is C16H25N3O. The number of hydrogen-bond acceptors (Lipinski definition) is 3. The summed E-state index contributed by atoms with van der Waals surface area (Å²) in [6.45, 7) is 8.82. The molecule has 2 rings (SSSR count). The molecule has 0 spiro atoms. The first-order valence-electron chi connectivity index (χ1n) is 7.67. The second-order valence-electron chi connectivity index (χ2n) is 5.70. The number of rotatable bonds is 4. The summed E-state index contributed by atoms with van der Waals surface area (Å²) in [5.41, 5.74) is 1.74. The molecule has 0 aliphatic carbocycles. The molecule has 0 radical (unpaired) electrons. The van der Waals surface area contributed by atoms with Crippen LogP contribution in [0.5, 0.6) is 0 Å². The number of carbonyl (C=O) groups is 1. The molecule has 1 fully saturated rings. The van der Waals surface area contributed by atoms with Gasteiger partial charge in [0.1, 0.15) is 5.82 Å². The first-order valence-corrected chi connectivity index (χ1v) is 7.67. The van der Waals surface area contributed by atoms with Crippen molar-refractivity contribution in [1.29, 1.82) is 0 Å². The van der Waals surface area contributed by atoms with Crippen molar-refractivity contribution in [2.45, 2.75) is 46.0 Å². The summed E-state index contributed by atoms with van der Waals surface area (Å²) in [5.74, 6) is 1.27. The highest BCUT2D eigenvalue weighted by molar-refractivity contribution is 5.95. The van der Waals surface area contributed by atoms with Gasteiger partial charge in [-0.2, -0.15) is 0 Å². The zero-order valence-corrected chi connectivity index (χ0v) is 12.8. The largest absolute Gasteiger partial charge is 0.370 e. The number of likely N-dealkylation sites (tertiary alicyclic amines) is 1. The number of nitrogens with zero attached hydrogens (tertiary/aromatic N) is 2. The molecule has 0 unspecified atom stereocenters. The lowest BCUT2D eigenvalue weighted by atomic mass is 10.1. The van der Waals surface area contributed by atoms with E-state index in [-0.39, 0.29) is 5.91 Å². The van der Waals surface area contributed by atoms with Crippen molar-refractivity contribution in [3.63, 3.8) is 0 Å². The first kappa shape index (κ1) is 14.8. The molecule has 0 atom stereocenters. The molecule has 1 N–H and O–H groups in total. The minimum atomic E-state index is 0.146. The average molecular weight is 275 g/mol. The molecule has 4 nitrogen and oxygen atoms in total. The predicted octanol–water partition coefficient (Wildman–Crippen LogP) is 3.26. The molecule has 110 valence electrons. The van der Waals surface area contributed by atoms with Crippen molar-refractivity contribution in [1.82, 2.24) is 9.88 Å². The molecular weight excluding hydrogens is 250 g/mol. The third kappa shape index (κ3) is 3.50. The number of aromatic nitrogens is 1. The van der Waals surface area contributed by atoms with Gasteiger partial charge in [0.2, 0.25) is 0 Å². The molecule has 1 aromatic rings. The average Bonchev–Trinajstić information content (AvgIpc) is 2.47. The van der Waals surface area contributed by atoms with Crippen molar-refractivity contribution in [2.24, 2.45) is 0 Å². The highest BCUT2D eigenvalue weighted by Gasteiger charge is 2.19. The fraction of sp³-hybridized carbons (Fsp3) is 0.625. The molecule has 1 aromatic heterocycles. The predicted molar refractivity (Wildman–Crippen MR) is 82.2 cm³/mol. The minimum Gasteiger partial charge on any atom is -0.370 e. The second kappa shape index (κ2) is 6.73. The molecule has 1 saturated heterocycles. The lowest BCUT2D eigenvalue weighted by Gasteiger charge is -2.27. The van der Waals surface area contributed by atoms with Gasteiger partial charge in [0.05, 0.1) is 0 Å². The van der Waals surface area contributed by atoms with E-state index in [4.69, 9.17) is 0 Å². The van der Waals surface area contributed by atoms with Crippen molar-refractivity contribution >= 4 is 11.7 Å². The van der Waals surface area contributed by atoms with Gasteiger partial charge in [-0.25, -0.2) is 4.98 Å². The van der Waals surface area contributed by atoms with E-state index in [1.165, 1.54) is 6.42 Å². The van der Waals surface area contributed by atoms with E-state index in [1.54, 1.807) is 0 Å². The van der Waals surface area contributed by atoms with Gasteiger partial charge < -0.3 is 10.2 Å². The number of amides is 1. The third-order valence-electron chi connectivity index (χ3n) is 3.68. The maximum absolute atomic E-state index is 12.6. The van der Waals surface area contributed by atoms with Crippen LogP contribution in [0.4, 0.5) is 5.82 Å². The third-order valence-corrected chi connectivity index (χ3v) is 3.68. The normalized spacial score (nSPS) is 15.5. The number of hydrogen-bond donors (Lipinski definition) is 1. The highest BCUT2D eigenvalue weighted by Crippen LogP contribution is 2.20. The van der Waals surface area contributed by atoms with E-state index in [2.05, 4.69) is 24.1 Å². The molecule has 0 aromatic carbocycles. The van der Waals surface area contributed by atoms with Crippen LogP contribution in [0.15, 0.2) is 12.1 Å².